The number of carbonyl (C=O) groups excluding carboxylic acids is 2. The van der Waals surface area contributed by atoms with Crippen LogP contribution in [-0.4, -0.2) is 30.1 Å². The molecule has 2 amide bonds. The summed E-state index contributed by atoms with van der Waals surface area (Å²) in [6.07, 6.45) is 0.479. The minimum Gasteiger partial charge on any atom is -0.394 e. The molecule has 128 valence electrons. The van der Waals surface area contributed by atoms with Gasteiger partial charge in [0.15, 0.2) is 17.5 Å². The number of hydrogen-bond donors (Lipinski definition) is 3. The van der Waals surface area contributed by atoms with Crippen LogP contribution in [0.25, 0.3) is 0 Å². The lowest BCUT2D eigenvalue weighted by molar-refractivity contribution is -0.123. The Morgan fingerprint density at radius 1 is 1.13 bits per heavy atom. The van der Waals surface area contributed by atoms with Crippen LogP contribution in [0.5, 0.6) is 0 Å². The molecule has 0 spiro atoms. The number of halogens is 3. The molecule has 8 heteroatoms. The second-order valence-electron chi connectivity index (χ2n) is 4.91. The van der Waals surface area contributed by atoms with Crippen LogP contribution in [0.3, 0.4) is 0 Å². The average Bonchev–Trinajstić information content (AvgIpc) is 2.50. The van der Waals surface area contributed by atoms with Crippen molar-refractivity contribution in [1.29, 1.82) is 0 Å². The zero-order valence-corrected chi connectivity index (χ0v) is 12.7. The number of aliphatic hydroxyl groups is 1. The van der Waals surface area contributed by atoms with Gasteiger partial charge in [0.1, 0.15) is 0 Å². The molecule has 0 heterocycles. The summed E-state index contributed by atoms with van der Waals surface area (Å²) in [4.78, 5) is 23.0. The highest BCUT2D eigenvalue weighted by Crippen LogP contribution is 2.19. The molecule has 0 aliphatic carbocycles. The summed E-state index contributed by atoms with van der Waals surface area (Å²) >= 11 is 0. The van der Waals surface area contributed by atoms with E-state index in [0.29, 0.717) is 25.1 Å². The van der Waals surface area contributed by atoms with E-state index in [0.717, 1.165) is 0 Å². The predicted octanol–water partition coefficient (Wildman–Crippen LogP) is 1.56. The van der Waals surface area contributed by atoms with E-state index in [1.807, 2.05) is 0 Å². The summed E-state index contributed by atoms with van der Waals surface area (Å²) in [5.74, 6) is -5.08. The van der Waals surface area contributed by atoms with Crippen molar-refractivity contribution in [3.63, 3.8) is 0 Å². The van der Waals surface area contributed by atoms with Gasteiger partial charge in [-0.3, -0.25) is 9.59 Å². The first-order valence-corrected chi connectivity index (χ1v) is 7.20. The molecule has 0 saturated heterocycles. The Balaban J connectivity index is 2.59. The third-order valence-corrected chi connectivity index (χ3v) is 3.11. The standard InChI is InChI=1S/C15H19F3N2O3/c1-2-19-13(22)4-3-5-14(23)20-12(8-21)9-6-10(16)15(18)11(17)7-9/h6-7,12,21H,2-5,8H2,1H3,(H,19,22)(H,20,23). The van der Waals surface area contributed by atoms with E-state index in [9.17, 15) is 27.9 Å². The number of nitrogens with one attached hydrogen (secondary N) is 2. The molecule has 0 aliphatic heterocycles. The Kier molecular flexibility index (Phi) is 7.53. The minimum atomic E-state index is -1.61. The van der Waals surface area contributed by atoms with Crippen LogP contribution in [0.2, 0.25) is 0 Å². The number of rotatable bonds is 8. The summed E-state index contributed by atoms with van der Waals surface area (Å²) in [5.41, 5.74) is -0.0824. The Bertz CT molecular complexity index is 544. The highest BCUT2D eigenvalue weighted by atomic mass is 19.2. The van der Waals surface area contributed by atoms with Crippen LogP contribution in [0.15, 0.2) is 12.1 Å². The van der Waals surface area contributed by atoms with Crippen LogP contribution < -0.4 is 10.6 Å². The van der Waals surface area contributed by atoms with Gasteiger partial charge in [0.05, 0.1) is 12.6 Å². The molecule has 0 fully saturated rings. The van der Waals surface area contributed by atoms with Gasteiger partial charge in [0.25, 0.3) is 0 Å². The molecule has 0 aromatic heterocycles. The monoisotopic (exact) mass is 332 g/mol. The summed E-state index contributed by atoms with van der Waals surface area (Å²) in [7, 11) is 0. The fourth-order valence-electron chi connectivity index (χ4n) is 1.97. The SMILES string of the molecule is CCNC(=O)CCCC(=O)NC(CO)c1cc(F)c(F)c(F)c1. The predicted molar refractivity (Wildman–Crippen MR) is 76.8 cm³/mol. The van der Waals surface area contributed by atoms with Crippen LogP contribution in [-0.2, 0) is 9.59 Å². The molecule has 3 N–H and O–H groups in total. The second-order valence-corrected chi connectivity index (χ2v) is 4.91. The summed E-state index contributed by atoms with van der Waals surface area (Å²) < 4.78 is 39.3. The van der Waals surface area contributed by atoms with Crippen molar-refractivity contribution in [2.45, 2.75) is 32.2 Å². The molecule has 23 heavy (non-hydrogen) atoms. The van der Waals surface area contributed by atoms with E-state index < -0.39 is 36.0 Å². The molecule has 1 rings (SSSR count). The third kappa shape index (κ3) is 5.90. The van der Waals surface area contributed by atoms with E-state index in [1.165, 1.54) is 0 Å². The van der Waals surface area contributed by atoms with Gasteiger partial charge in [-0.15, -0.1) is 0 Å². The maximum Gasteiger partial charge on any atom is 0.220 e. The van der Waals surface area contributed by atoms with Crippen molar-refractivity contribution in [1.82, 2.24) is 10.6 Å². The van der Waals surface area contributed by atoms with Crippen molar-refractivity contribution in [3.05, 3.63) is 35.1 Å². The summed E-state index contributed by atoms with van der Waals surface area (Å²) in [6.45, 7) is 1.67. The quantitative estimate of drug-likeness (QED) is 0.632. The van der Waals surface area contributed by atoms with Crippen molar-refractivity contribution < 1.29 is 27.9 Å². The van der Waals surface area contributed by atoms with Gasteiger partial charge < -0.3 is 15.7 Å². The van der Waals surface area contributed by atoms with Gasteiger partial charge in [-0.05, 0) is 31.0 Å². The van der Waals surface area contributed by atoms with Gasteiger partial charge in [0, 0.05) is 19.4 Å². The first kappa shape index (κ1) is 19.0. The number of aliphatic hydroxyl groups excluding tert-OH is 1. The van der Waals surface area contributed by atoms with Gasteiger partial charge >= 0.3 is 0 Å². The zero-order valence-electron chi connectivity index (χ0n) is 12.7. The number of amides is 2. The fourth-order valence-corrected chi connectivity index (χ4v) is 1.97. The molecule has 1 unspecified atom stereocenters. The maximum atomic E-state index is 13.2. The lowest BCUT2D eigenvalue weighted by atomic mass is 10.1. The Hall–Kier alpha value is -2.09. The minimum absolute atomic E-state index is 0.0137. The molecule has 5 nitrogen and oxygen atoms in total. The summed E-state index contributed by atoms with van der Waals surface area (Å²) in [6, 6.07) is 0.374. The first-order valence-electron chi connectivity index (χ1n) is 7.20. The van der Waals surface area contributed by atoms with E-state index in [1.54, 1.807) is 6.92 Å². The second kappa shape index (κ2) is 9.14. The Morgan fingerprint density at radius 2 is 1.70 bits per heavy atom. The molecule has 0 saturated carbocycles. The normalized spacial score (nSPS) is 11.9. The fraction of sp³-hybridized carbons (Fsp3) is 0.467. The number of carbonyl (C=O) groups is 2. The molecular weight excluding hydrogens is 313 g/mol. The van der Waals surface area contributed by atoms with E-state index in [2.05, 4.69) is 10.6 Å². The van der Waals surface area contributed by atoms with Gasteiger partial charge in [-0.25, -0.2) is 13.2 Å². The van der Waals surface area contributed by atoms with Crippen LogP contribution in [0.4, 0.5) is 13.2 Å². The maximum absolute atomic E-state index is 13.2. The van der Waals surface area contributed by atoms with Crippen molar-refractivity contribution >= 4 is 11.8 Å². The van der Waals surface area contributed by atoms with Gasteiger partial charge in [-0.2, -0.15) is 0 Å². The zero-order chi connectivity index (χ0) is 17.4. The van der Waals surface area contributed by atoms with Crippen LogP contribution in [0.1, 0.15) is 37.8 Å². The number of benzene rings is 1. The topological polar surface area (TPSA) is 78.4 Å². The largest absolute Gasteiger partial charge is 0.394 e. The van der Waals surface area contributed by atoms with Crippen molar-refractivity contribution in [2.75, 3.05) is 13.2 Å². The molecule has 0 bridgehead atoms. The van der Waals surface area contributed by atoms with Gasteiger partial charge in [-0.1, -0.05) is 0 Å². The highest BCUT2D eigenvalue weighted by Gasteiger charge is 2.18. The average molecular weight is 332 g/mol. The van der Waals surface area contributed by atoms with E-state index >= 15 is 0 Å². The summed E-state index contributed by atoms with van der Waals surface area (Å²) in [5, 5.41) is 14.2. The number of hydrogen-bond acceptors (Lipinski definition) is 3. The lowest BCUT2D eigenvalue weighted by Crippen LogP contribution is -2.31. The van der Waals surface area contributed by atoms with Crippen molar-refractivity contribution in [2.24, 2.45) is 0 Å². The van der Waals surface area contributed by atoms with E-state index in [4.69, 9.17) is 0 Å². The third-order valence-electron chi connectivity index (χ3n) is 3.11. The van der Waals surface area contributed by atoms with E-state index in [-0.39, 0.29) is 24.3 Å². The molecule has 0 aliphatic rings. The molecule has 1 aromatic rings. The Labute approximate surface area is 131 Å². The van der Waals surface area contributed by atoms with Gasteiger partial charge in [0.2, 0.25) is 11.8 Å². The van der Waals surface area contributed by atoms with Crippen LogP contribution >= 0.6 is 0 Å². The lowest BCUT2D eigenvalue weighted by Gasteiger charge is -2.17. The molecule has 1 aromatic carbocycles. The first-order chi connectivity index (χ1) is 10.9. The van der Waals surface area contributed by atoms with Crippen LogP contribution in [0, 0.1) is 17.5 Å². The smallest absolute Gasteiger partial charge is 0.220 e. The molecular formula is C15H19F3N2O3. The Morgan fingerprint density at radius 3 is 2.22 bits per heavy atom. The highest BCUT2D eigenvalue weighted by molar-refractivity contribution is 5.79. The molecule has 1 atom stereocenters. The van der Waals surface area contributed by atoms with Crippen molar-refractivity contribution in [3.8, 4) is 0 Å². The molecule has 0 radical (unpaired) electrons.